The van der Waals surface area contributed by atoms with Crippen molar-refractivity contribution in [1.29, 1.82) is 0 Å². The average Bonchev–Trinajstić information content (AvgIpc) is 2.19. The van der Waals surface area contributed by atoms with Crippen molar-refractivity contribution in [3.05, 3.63) is 24.3 Å². The van der Waals surface area contributed by atoms with Crippen LogP contribution in [0.3, 0.4) is 0 Å². The van der Waals surface area contributed by atoms with Gasteiger partial charge in [0, 0.05) is 24.5 Å². The number of nitrogens with zero attached hydrogens (tertiary/aromatic N) is 3. The Balaban J connectivity index is 2.34. The van der Waals surface area contributed by atoms with E-state index >= 15 is 0 Å². The first-order chi connectivity index (χ1) is 7.02. The van der Waals surface area contributed by atoms with Crippen molar-refractivity contribution in [3.8, 4) is 0 Å². The van der Waals surface area contributed by atoms with E-state index in [9.17, 15) is 0 Å². The minimum Gasteiger partial charge on any atom is -0.308 e. The predicted octanol–water partition coefficient (Wildman–Crippen LogP) is 0.906. The molecule has 0 aromatic carbocycles. The number of rotatable bonds is 5. The molecule has 0 aliphatic rings. The number of aromatic nitrogens is 2. The van der Waals surface area contributed by atoms with E-state index in [-0.39, 0.29) is 5.54 Å². The number of likely N-dealkylation sites (N-methyl/N-ethyl adjacent to an activating group) is 1. The Morgan fingerprint density at radius 3 is 2.40 bits per heavy atom. The molecule has 4 nitrogen and oxygen atoms in total. The fourth-order valence-electron chi connectivity index (χ4n) is 1.06. The molecule has 4 heteroatoms. The van der Waals surface area contributed by atoms with Gasteiger partial charge < -0.3 is 10.2 Å². The minimum atomic E-state index is 0.148. The van der Waals surface area contributed by atoms with Gasteiger partial charge in [-0.05, 0) is 34.0 Å². The van der Waals surface area contributed by atoms with Crippen LogP contribution in [0.25, 0.3) is 0 Å². The minimum absolute atomic E-state index is 0.148. The maximum absolute atomic E-state index is 4.16. The quantitative estimate of drug-likeness (QED) is 0.781. The molecule has 0 spiro atoms. The van der Waals surface area contributed by atoms with E-state index in [4.69, 9.17) is 0 Å². The van der Waals surface area contributed by atoms with E-state index in [0.29, 0.717) is 0 Å². The third-order valence-corrected chi connectivity index (χ3v) is 2.67. The molecule has 0 saturated heterocycles. The van der Waals surface area contributed by atoms with Crippen LogP contribution < -0.4 is 5.32 Å². The number of hydrogen-bond acceptors (Lipinski definition) is 4. The SMILES string of the molecule is CN(C)C(C)(C)CNCc1ncccn1. The highest BCUT2D eigenvalue weighted by molar-refractivity contribution is 4.89. The van der Waals surface area contributed by atoms with Crippen LogP contribution in [0, 0.1) is 0 Å². The summed E-state index contributed by atoms with van der Waals surface area (Å²) in [5.74, 6) is 0.840. The molecule has 0 amide bonds. The largest absolute Gasteiger partial charge is 0.308 e. The van der Waals surface area contributed by atoms with Crippen molar-refractivity contribution in [1.82, 2.24) is 20.2 Å². The molecular formula is C11H20N4. The van der Waals surface area contributed by atoms with Crippen molar-refractivity contribution in [2.75, 3.05) is 20.6 Å². The highest BCUT2D eigenvalue weighted by Gasteiger charge is 2.19. The maximum atomic E-state index is 4.16. The molecule has 1 N–H and O–H groups in total. The summed E-state index contributed by atoms with van der Waals surface area (Å²) < 4.78 is 0. The molecule has 0 radical (unpaired) electrons. The molecule has 1 heterocycles. The standard InChI is InChI=1S/C11H20N4/c1-11(2,15(3)4)9-12-8-10-13-6-5-7-14-10/h5-7,12H,8-9H2,1-4H3. The van der Waals surface area contributed by atoms with Gasteiger partial charge in [0.05, 0.1) is 6.54 Å². The smallest absolute Gasteiger partial charge is 0.141 e. The highest BCUT2D eigenvalue weighted by atomic mass is 15.2. The van der Waals surface area contributed by atoms with Crippen molar-refractivity contribution in [3.63, 3.8) is 0 Å². The lowest BCUT2D eigenvalue weighted by molar-refractivity contribution is 0.189. The van der Waals surface area contributed by atoms with Crippen LogP contribution in [0.4, 0.5) is 0 Å². The van der Waals surface area contributed by atoms with Crippen molar-refractivity contribution < 1.29 is 0 Å². The topological polar surface area (TPSA) is 41.0 Å². The Morgan fingerprint density at radius 2 is 1.87 bits per heavy atom. The Hall–Kier alpha value is -1.00. The van der Waals surface area contributed by atoms with E-state index in [1.165, 1.54) is 0 Å². The molecule has 0 fully saturated rings. The molecule has 0 unspecified atom stereocenters. The van der Waals surface area contributed by atoms with Crippen LogP contribution in [-0.4, -0.2) is 41.0 Å². The molecule has 0 atom stereocenters. The number of hydrogen-bond donors (Lipinski definition) is 1. The van der Waals surface area contributed by atoms with Crippen molar-refractivity contribution in [2.24, 2.45) is 0 Å². The lowest BCUT2D eigenvalue weighted by Crippen LogP contribution is -2.46. The highest BCUT2D eigenvalue weighted by Crippen LogP contribution is 2.07. The zero-order valence-electron chi connectivity index (χ0n) is 9.99. The van der Waals surface area contributed by atoms with E-state index in [1.54, 1.807) is 12.4 Å². The van der Waals surface area contributed by atoms with Gasteiger partial charge >= 0.3 is 0 Å². The fourth-order valence-corrected chi connectivity index (χ4v) is 1.06. The zero-order valence-corrected chi connectivity index (χ0v) is 9.99. The Morgan fingerprint density at radius 1 is 1.27 bits per heavy atom. The summed E-state index contributed by atoms with van der Waals surface area (Å²) in [6.07, 6.45) is 3.53. The van der Waals surface area contributed by atoms with Crippen molar-refractivity contribution in [2.45, 2.75) is 25.9 Å². The Bertz CT molecular complexity index is 282. The molecule has 0 aliphatic carbocycles. The summed E-state index contributed by atoms with van der Waals surface area (Å²) in [6.45, 7) is 6.04. The molecular weight excluding hydrogens is 188 g/mol. The van der Waals surface area contributed by atoms with Crippen LogP contribution in [0.5, 0.6) is 0 Å². The van der Waals surface area contributed by atoms with Gasteiger partial charge in [0.25, 0.3) is 0 Å². The number of nitrogens with one attached hydrogen (secondary N) is 1. The van der Waals surface area contributed by atoms with Gasteiger partial charge in [-0.1, -0.05) is 0 Å². The van der Waals surface area contributed by atoms with Gasteiger partial charge in [0.2, 0.25) is 0 Å². The van der Waals surface area contributed by atoms with Gasteiger partial charge in [-0.3, -0.25) is 0 Å². The third kappa shape index (κ3) is 3.93. The summed E-state index contributed by atoms with van der Waals surface area (Å²) in [7, 11) is 4.17. The fraction of sp³-hybridized carbons (Fsp3) is 0.636. The first kappa shape index (κ1) is 12.1. The zero-order chi connectivity index (χ0) is 11.3. The van der Waals surface area contributed by atoms with Gasteiger partial charge in [0.1, 0.15) is 5.82 Å². The molecule has 0 saturated carbocycles. The van der Waals surface area contributed by atoms with E-state index in [2.05, 4.69) is 48.1 Å². The van der Waals surface area contributed by atoms with Crippen LogP contribution in [0.15, 0.2) is 18.5 Å². The summed E-state index contributed by atoms with van der Waals surface area (Å²) in [5.41, 5.74) is 0.148. The normalized spacial score (nSPS) is 12.1. The molecule has 15 heavy (non-hydrogen) atoms. The second-order valence-corrected chi connectivity index (χ2v) is 4.48. The van der Waals surface area contributed by atoms with Crippen LogP contribution >= 0.6 is 0 Å². The summed E-state index contributed by atoms with van der Waals surface area (Å²) >= 11 is 0. The molecule has 1 aromatic heterocycles. The third-order valence-electron chi connectivity index (χ3n) is 2.67. The predicted molar refractivity (Wildman–Crippen MR) is 61.5 cm³/mol. The Labute approximate surface area is 91.7 Å². The van der Waals surface area contributed by atoms with E-state index < -0.39 is 0 Å². The van der Waals surface area contributed by atoms with Crippen molar-refractivity contribution >= 4 is 0 Å². The lowest BCUT2D eigenvalue weighted by Gasteiger charge is -2.32. The van der Waals surface area contributed by atoms with E-state index in [0.717, 1.165) is 18.9 Å². The van der Waals surface area contributed by atoms with Gasteiger partial charge in [0.15, 0.2) is 0 Å². The first-order valence-electron chi connectivity index (χ1n) is 5.16. The monoisotopic (exact) mass is 208 g/mol. The summed E-state index contributed by atoms with van der Waals surface area (Å²) in [4.78, 5) is 10.5. The summed E-state index contributed by atoms with van der Waals surface area (Å²) in [5, 5.41) is 3.36. The van der Waals surface area contributed by atoms with Gasteiger partial charge in [-0.2, -0.15) is 0 Å². The second kappa shape index (κ2) is 5.19. The van der Waals surface area contributed by atoms with E-state index in [1.807, 2.05) is 6.07 Å². The molecule has 84 valence electrons. The molecule has 1 rings (SSSR count). The maximum Gasteiger partial charge on any atom is 0.141 e. The van der Waals surface area contributed by atoms with Crippen LogP contribution in [0.2, 0.25) is 0 Å². The van der Waals surface area contributed by atoms with Crippen LogP contribution in [-0.2, 0) is 6.54 Å². The average molecular weight is 208 g/mol. The van der Waals surface area contributed by atoms with Crippen LogP contribution in [0.1, 0.15) is 19.7 Å². The summed E-state index contributed by atoms with van der Waals surface area (Å²) in [6, 6.07) is 1.83. The molecule has 0 bridgehead atoms. The molecule has 1 aromatic rings. The lowest BCUT2D eigenvalue weighted by atomic mass is 10.0. The first-order valence-corrected chi connectivity index (χ1v) is 5.16. The van der Waals surface area contributed by atoms with Gasteiger partial charge in [-0.15, -0.1) is 0 Å². The van der Waals surface area contributed by atoms with Gasteiger partial charge in [-0.25, -0.2) is 9.97 Å². The Kier molecular flexibility index (Phi) is 4.17. The second-order valence-electron chi connectivity index (χ2n) is 4.48. The molecule has 0 aliphatic heterocycles.